The normalized spacial score (nSPS) is 20.3. The highest BCUT2D eigenvalue weighted by Crippen LogP contribution is 2.31. The van der Waals surface area contributed by atoms with Crippen LogP contribution in [0.4, 0.5) is 0 Å². The van der Waals surface area contributed by atoms with Crippen molar-refractivity contribution in [1.29, 1.82) is 0 Å². The molecule has 0 aliphatic carbocycles. The van der Waals surface area contributed by atoms with Crippen LogP contribution in [0.2, 0.25) is 0 Å². The van der Waals surface area contributed by atoms with Gasteiger partial charge in [0.05, 0.1) is 13.2 Å². The van der Waals surface area contributed by atoms with Crippen molar-refractivity contribution < 1.29 is 14.3 Å². The summed E-state index contributed by atoms with van der Waals surface area (Å²) in [6, 6.07) is 10.4. The maximum absolute atomic E-state index is 12.8. The van der Waals surface area contributed by atoms with Crippen LogP contribution in [0, 0.1) is 12.3 Å². The molecule has 0 atom stereocenters. The summed E-state index contributed by atoms with van der Waals surface area (Å²) in [6.07, 6.45) is 1.99. The molecule has 1 aromatic carbocycles. The molecule has 1 aromatic heterocycles. The van der Waals surface area contributed by atoms with E-state index in [-0.39, 0.29) is 11.3 Å². The first-order chi connectivity index (χ1) is 13.7. The summed E-state index contributed by atoms with van der Waals surface area (Å²) >= 11 is 0. The smallest absolute Gasteiger partial charge is 0.239 e. The maximum Gasteiger partial charge on any atom is 0.239 e. The number of nitrogens with zero attached hydrogens (tertiary/aromatic N) is 2. The summed E-state index contributed by atoms with van der Waals surface area (Å²) < 4.78 is 13.2. The number of carbonyl (C=O) groups excluding carboxylic acids is 1. The van der Waals surface area contributed by atoms with Gasteiger partial charge < -0.3 is 19.4 Å². The lowest BCUT2D eigenvalue weighted by atomic mass is 9.79. The Morgan fingerprint density at radius 2 is 1.82 bits per heavy atom. The molecule has 2 aliphatic heterocycles. The highest BCUT2D eigenvalue weighted by atomic mass is 16.5. The maximum atomic E-state index is 12.8. The summed E-state index contributed by atoms with van der Waals surface area (Å²) in [6.45, 7) is 9.27. The molecule has 1 amide bonds. The number of morpholine rings is 1. The van der Waals surface area contributed by atoms with Crippen molar-refractivity contribution >= 4 is 16.8 Å². The van der Waals surface area contributed by atoms with Gasteiger partial charge in [0.25, 0.3) is 0 Å². The zero-order valence-electron chi connectivity index (χ0n) is 16.8. The number of para-hydroxylation sites is 1. The lowest BCUT2D eigenvalue weighted by Gasteiger charge is -2.42. The highest BCUT2D eigenvalue weighted by molar-refractivity contribution is 5.84. The van der Waals surface area contributed by atoms with Crippen LogP contribution in [0.3, 0.4) is 0 Å². The van der Waals surface area contributed by atoms with E-state index in [0.717, 1.165) is 70.1 Å². The van der Waals surface area contributed by atoms with Crippen LogP contribution in [0.5, 0.6) is 0 Å². The minimum Gasteiger partial charge on any atom is -0.381 e. The first kappa shape index (κ1) is 19.4. The Balaban J connectivity index is 1.40. The molecule has 28 heavy (non-hydrogen) atoms. The molecule has 0 spiro atoms. The van der Waals surface area contributed by atoms with Gasteiger partial charge in [-0.05, 0) is 37.3 Å². The fraction of sp³-hybridized carbons (Fsp3) is 0.591. The monoisotopic (exact) mass is 385 g/mol. The highest BCUT2D eigenvalue weighted by Gasteiger charge is 2.35. The molecule has 6 nitrogen and oxygen atoms in total. The van der Waals surface area contributed by atoms with Crippen LogP contribution in [0.1, 0.15) is 18.5 Å². The van der Waals surface area contributed by atoms with Crippen molar-refractivity contribution in [3.63, 3.8) is 0 Å². The molecule has 152 valence electrons. The molecule has 0 radical (unpaired) electrons. The van der Waals surface area contributed by atoms with E-state index >= 15 is 0 Å². The van der Waals surface area contributed by atoms with E-state index in [2.05, 4.69) is 39.9 Å². The lowest BCUT2D eigenvalue weighted by Crippen LogP contribution is -2.51. The van der Waals surface area contributed by atoms with Crippen LogP contribution >= 0.6 is 0 Å². The summed E-state index contributed by atoms with van der Waals surface area (Å²) in [5, 5.41) is 4.42. The van der Waals surface area contributed by atoms with Crippen molar-refractivity contribution in [2.24, 2.45) is 5.41 Å². The second-order valence-corrected chi connectivity index (χ2v) is 8.21. The van der Waals surface area contributed by atoms with Crippen LogP contribution in [0.25, 0.3) is 10.9 Å². The number of fused-ring (bicyclic) bond motifs is 1. The van der Waals surface area contributed by atoms with E-state index in [1.165, 1.54) is 5.39 Å². The Hall–Kier alpha value is -1.89. The number of carbonyl (C=O) groups is 1. The first-order valence-electron chi connectivity index (χ1n) is 10.3. The Morgan fingerprint density at radius 1 is 1.11 bits per heavy atom. The standard InChI is InChI=1S/C22H31N3O3/c1-18-14-19-4-2-3-5-20(19)25(18)15-21(26)23-16-22(6-10-27-11-7-22)17-24-8-12-28-13-9-24/h2-5,14H,6-13,15-17H2,1H3,(H,23,26). The van der Waals surface area contributed by atoms with Crippen molar-refractivity contribution in [3.05, 3.63) is 36.0 Å². The van der Waals surface area contributed by atoms with Gasteiger partial charge in [0.15, 0.2) is 0 Å². The second kappa shape index (κ2) is 8.64. The minimum atomic E-state index is 0.0808. The Morgan fingerprint density at radius 3 is 2.61 bits per heavy atom. The number of aryl methyl sites for hydroxylation is 1. The number of nitrogens with one attached hydrogen (secondary N) is 1. The molecule has 6 heteroatoms. The van der Waals surface area contributed by atoms with Crippen molar-refractivity contribution in [2.45, 2.75) is 26.3 Å². The van der Waals surface area contributed by atoms with Crippen LogP contribution in [-0.2, 0) is 20.8 Å². The predicted octanol–water partition coefficient (Wildman–Crippen LogP) is 2.19. The van der Waals surface area contributed by atoms with E-state index in [1.54, 1.807) is 0 Å². The third-order valence-corrected chi connectivity index (χ3v) is 6.20. The number of ether oxygens (including phenoxy) is 2. The van der Waals surface area contributed by atoms with Crippen molar-refractivity contribution in [2.75, 3.05) is 52.6 Å². The molecule has 2 fully saturated rings. The van der Waals surface area contributed by atoms with Gasteiger partial charge in [-0.3, -0.25) is 9.69 Å². The SMILES string of the molecule is Cc1cc2ccccc2n1CC(=O)NCC1(CN2CCOCC2)CCOCC1. The van der Waals surface area contributed by atoms with E-state index in [9.17, 15) is 4.79 Å². The number of aromatic nitrogens is 1. The van der Waals surface area contributed by atoms with Gasteiger partial charge in [-0.1, -0.05) is 18.2 Å². The molecular formula is C22H31N3O3. The number of benzene rings is 1. The van der Waals surface area contributed by atoms with Crippen molar-refractivity contribution in [3.8, 4) is 0 Å². The molecule has 2 saturated heterocycles. The van der Waals surface area contributed by atoms with Gasteiger partial charge >= 0.3 is 0 Å². The van der Waals surface area contributed by atoms with E-state index in [0.29, 0.717) is 13.1 Å². The first-order valence-corrected chi connectivity index (χ1v) is 10.3. The van der Waals surface area contributed by atoms with E-state index in [4.69, 9.17) is 9.47 Å². The summed E-state index contributed by atoms with van der Waals surface area (Å²) in [7, 11) is 0. The molecule has 3 heterocycles. The Labute approximate surface area is 166 Å². The lowest BCUT2D eigenvalue weighted by molar-refractivity contribution is -0.122. The topological polar surface area (TPSA) is 55.7 Å². The molecule has 2 aliphatic rings. The van der Waals surface area contributed by atoms with Crippen molar-refractivity contribution in [1.82, 2.24) is 14.8 Å². The number of hydrogen-bond donors (Lipinski definition) is 1. The van der Waals surface area contributed by atoms with Gasteiger partial charge in [0.1, 0.15) is 6.54 Å². The number of amides is 1. The predicted molar refractivity (Wildman–Crippen MR) is 109 cm³/mol. The largest absolute Gasteiger partial charge is 0.381 e. The van der Waals surface area contributed by atoms with Gasteiger partial charge in [-0.15, -0.1) is 0 Å². The van der Waals surface area contributed by atoms with Crippen LogP contribution < -0.4 is 5.32 Å². The van der Waals surface area contributed by atoms with E-state index in [1.807, 2.05) is 12.1 Å². The van der Waals surface area contributed by atoms with E-state index < -0.39 is 0 Å². The zero-order chi connectivity index (χ0) is 19.4. The molecule has 4 rings (SSSR count). The molecule has 0 bridgehead atoms. The molecule has 2 aromatic rings. The molecule has 0 unspecified atom stereocenters. The molecule has 1 N–H and O–H groups in total. The third-order valence-electron chi connectivity index (χ3n) is 6.20. The average molecular weight is 386 g/mol. The van der Waals surface area contributed by atoms with Crippen LogP contribution in [0.15, 0.2) is 30.3 Å². The molecular weight excluding hydrogens is 354 g/mol. The Bertz CT molecular complexity index is 804. The minimum absolute atomic E-state index is 0.0808. The summed E-state index contributed by atoms with van der Waals surface area (Å²) in [4.78, 5) is 15.3. The number of rotatable bonds is 6. The fourth-order valence-corrected chi connectivity index (χ4v) is 4.47. The summed E-state index contributed by atoms with van der Waals surface area (Å²) in [5.41, 5.74) is 2.33. The van der Waals surface area contributed by atoms with Gasteiger partial charge in [0.2, 0.25) is 5.91 Å². The number of hydrogen-bond acceptors (Lipinski definition) is 4. The third kappa shape index (κ3) is 4.40. The fourth-order valence-electron chi connectivity index (χ4n) is 4.47. The quantitative estimate of drug-likeness (QED) is 0.828. The van der Waals surface area contributed by atoms with Crippen LogP contribution in [-0.4, -0.2) is 68.0 Å². The molecule has 0 saturated carbocycles. The second-order valence-electron chi connectivity index (χ2n) is 8.21. The van der Waals surface area contributed by atoms with Gasteiger partial charge in [0, 0.05) is 56.0 Å². The average Bonchev–Trinajstić information content (AvgIpc) is 3.03. The summed E-state index contributed by atoms with van der Waals surface area (Å²) in [5.74, 6) is 0.0808. The van der Waals surface area contributed by atoms with Gasteiger partial charge in [-0.25, -0.2) is 0 Å². The van der Waals surface area contributed by atoms with Gasteiger partial charge in [-0.2, -0.15) is 0 Å². The Kier molecular flexibility index (Phi) is 5.99. The zero-order valence-corrected chi connectivity index (χ0v) is 16.8.